The van der Waals surface area contributed by atoms with Gasteiger partial charge in [0.2, 0.25) is 5.90 Å². The quantitative estimate of drug-likeness (QED) is 0.479. The predicted octanol–water partition coefficient (Wildman–Crippen LogP) is 4.40. The van der Waals surface area contributed by atoms with Gasteiger partial charge in [-0.15, -0.1) is 16.9 Å². The zero-order chi connectivity index (χ0) is 19.0. The van der Waals surface area contributed by atoms with E-state index in [1.54, 1.807) is 23.0 Å². The number of rotatable bonds is 3. The van der Waals surface area contributed by atoms with Gasteiger partial charge >= 0.3 is 0 Å². The maximum absolute atomic E-state index is 6.18. The molecule has 3 aromatic rings. The van der Waals surface area contributed by atoms with Gasteiger partial charge in [0.1, 0.15) is 0 Å². The number of fused-ring (bicyclic) bond motifs is 1. The van der Waals surface area contributed by atoms with Crippen molar-refractivity contribution in [1.82, 2.24) is 9.97 Å². The van der Waals surface area contributed by atoms with Gasteiger partial charge in [0.15, 0.2) is 17.4 Å². The molecular formula is C19H16BrN5OS. The van der Waals surface area contributed by atoms with Crippen molar-refractivity contribution in [2.45, 2.75) is 4.90 Å². The van der Waals surface area contributed by atoms with E-state index in [1.165, 1.54) is 0 Å². The molecule has 1 aliphatic rings. The zero-order valence-corrected chi connectivity index (χ0v) is 17.1. The topological polar surface area (TPSA) is 76.6 Å². The van der Waals surface area contributed by atoms with E-state index in [9.17, 15) is 0 Å². The first-order valence-electron chi connectivity index (χ1n) is 8.13. The molecule has 2 aromatic carbocycles. The fraction of sp³-hybridized carbons (Fsp3) is 0.105. The van der Waals surface area contributed by atoms with E-state index >= 15 is 0 Å². The molecule has 0 bridgehead atoms. The number of ether oxygens (including phenoxy) is 1. The second-order valence-corrected chi connectivity index (χ2v) is 7.52. The summed E-state index contributed by atoms with van der Waals surface area (Å²) in [5.41, 5.74) is 8.50. The summed E-state index contributed by atoms with van der Waals surface area (Å²) in [4.78, 5) is 10.2. The number of nitrogen functional groups attached to an aromatic ring is 1. The van der Waals surface area contributed by atoms with Crippen LogP contribution in [0.2, 0.25) is 0 Å². The van der Waals surface area contributed by atoms with E-state index in [4.69, 9.17) is 10.5 Å². The number of nitrogens with two attached hydrogens (primary N) is 1. The fourth-order valence-electron chi connectivity index (χ4n) is 2.80. The predicted molar refractivity (Wildman–Crippen MR) is 113 cm³/mol. The maximum atomic E-state index is 6.18. The van der Waals surface area contributed by atoms with Crippen molar-refractivity contribution in [2.75, 3.05) is 24.0 Å². The normalized spacial score (nSPS) is 13.0. The lowest BCUT2D eigenvalue weighted by molar-refractivity contribution is 0.525. The van der Waals surface area contributed by atoms with Crippen LogP contribution in [0, 0.1) is 0 Å². The van der Waals surface area contributed by atoms with E-state index in [-0.39, 0.29) is 0 Å². The minimum Gasteiger partial charge on any atom is -0.431 e. The number of benzene rings is 2. The molecule has 0 saturated heterocycles. The summed E-state index contributed by atoms with van der Waals surface area (Å²) in [6.45, 7) is 0. The Morgan fingerprint density at radius 3 is 2.74 bits per heavy atom. The summed E-state index contributed by atoms with van der Waals surface area (Å²) in [6, 6.07) is 13.5. The second kappa shape index (κ2) is 7.21. The van der Waals surface area contributed by atoms with E-state index in [1.807, 2.05) is 55.8 Å². The maximum Gasteiger partial charge on any atom is 0.245 e. The molecule has 0 unspecified atom stereocenters. The highest BCUT2D eigenvalue weighted by atomic mass is 79.9. The van der Waals surface area contributed by atoms with Crippen LogP contribution in [-0.2, 0) is 0 Å². The number of aromatic nitrogens is 2. The molecule has 0 radical (unpaired) electrons. The number of hydrogen-bond donors (Lipinski definition) is 1. The highest BCUT2D eigenvalue weighted by Gasteiger charge is 2.24. The number of halogens is 1. The summed E-state index contributed by atoms with van der Waals surface area (Å²) in [5, 5.41) is 6.22. The van der Waals surface area contributed by atoms with Gasteiger partial charge in [-0.2, -0.15) is 0 Å². The average Bonchev–Trinajstić information content (AvgIpc) is 2.68. The molecule has 0 spiro atoms. The Hall–Kier alpha value is -2.58. The van der Waals surface area contributed by atoms with Crippen LogP contribution in [0.25, 0.3) is 11.4 Å². The summed E-state index contributed by atoms with van der Waals surface area (Å²) < 4.78 is 6.87. The SMILES string of the molecule is CSc1cccc(N)c1-c1ncc2c(n1)N(C)N=C(c1ccccc1Br)O2. The van der Waals surface area contributed by atoms with Crippen LogP contribution in [0.15, 0.2) is 63.1 Å². The number of anilines is 2. The van der Waals surface area contributed by atoms with Crippen molar-refractivity contribution in [1.29, 1.82) is 0 Å². The molecule has 0 amide bonds. The van der Waals surface area contributed by atoms with Crippen LogP contribution in [0.5, 0.6) is 5.75 Å². The van der Waals surface area contributed by atoms with Gasteiger partial charge in [0.25, 0.3) is 0 Å². The summed E-state index contributed by atoms with van der Waals surface area (Å²) in [5.74, 6) is 2.16. The highest BCUT2D eigenvalue weighted by molar-refractivity contribution is 9.10. The van der Waals surface area contributed by atoms with Crippen molar-refractivity contribution < 1.29 is 4.74 Å². The lowest BCUT2D eigenvalue weighted by Gasteiger charge is -2.24. The van der Waals surface area contributed by atoms with Gasteiger partial charge in [-0.25, -0.2) is 15.0 Å². The van der Waals surface area contributed by atoms with Crippen LogP contribution in [-0.4, -0.2) is 29.2 Å². The first kappa shape index (κ1) is 17.8. The Labute approximate surface area is 169 Å². The zero-order valence-electron chi connectivity index (χ0n) is 14.7. The van der Waals surface area contributed by atoms with Crippen molar-refractivity contribution >= 4 is 45.1 Å². The first-order valence-corrected chi connectivity index (χ1v) is 10.1. The lowest BCUT2D eigenvalue weighted by Crippen LogP contribution is -2.26. The molecule has 27 heavy (non-hydrogen) atoms. The number of nitrogens with zero attached hydrogens (tertiary/aromatic N) is 4. The monoisotopic (exact) mass is 441 g/mol. The molecule has 8 heteroatoms. The summed E-state index contributed by atoms with van der Waals surface area (Å²) in [7, 11) is 1.83. The van der Waals surface area contributed by atoms with Crippen molar-refractivity contribution in [2.24, 2.45) is 5.10 Å². The van der Waals surface area contributed by atoms with Gasteiger partial charge in [-0.3, -0.25) is 0 Å². The van der Waals surface area contributed by atoms with E-state index in [0.29, 0.717) is 29.0 Å². The van der Waals surface area contributed by atoms with Crippen LogP contribution in [0.3, 0.4) is 0 Å². The van der Waals surface area contributed by atoms with E-state index < -0.39 is 0 Å². The van der Waals surface area contributed by atoms with E-state index in [2.05, 4.69) is 31.0 Å². The molecule has 1 aromatic heterocycles. The van der Waals surface area contributed by atoms with Crippen molar-refractivity contribution in [3.63, 3.8) is 0 Å². The van der Waals surface area contributed by atoms with Crippen LogP contribution in [0.1, 0.15) is 5.56 Å². The number of thioether (sulfide) groups is 1. The second-order valence-electron chi connectivity index (χ2n) is 5.82. The third-order valence-electron chi connectivity index (χ3n) is 4.10. The Bertz CT molecular complexity index is 1060. The lowest BCUT2D eigenvalue weighted by atomic mass is 10.1. The Kier molecular flexibility index (Phi) is 4.75. The summed E-state index contributed by atoms with van der Waals surface area (Å²) >= 11 is 5.14. The molecule has 136 valence electrons. The standard InChI is InChI=1S/C19H16BrN5OS/c1-25-18-14(26-19(24-25)11-6-3-4-7-12(11)20)10-22-17(23-18)16-13(21)8-5-9-15(16)27-2/h3-10H,21H2,1-2H3. The molecule has 0 saturated carbocycles. The fourth-order valence-corrected chi connectivity index (χ4v) is 3.88. The van der Waals surface area contributed by atoms with Gasteiger partial charge in [0.05, 0.1) is 17.3 Å². The Morgan fingerprint density at radius 1 is 1.15 bits per heavy atom. The molecule has 0 atom stereocenters. The molecule has 0 aliphatic carbocycles. The molecule has 4 rings (SSSR count). The highest BCUT2D eigenvalue weighted by Crippen LogP contribution is 2.37. The average molecular weight is 442 g/mol. The summed E-state index contributed by atoms with van der Waals surface area (Å²) in [6.07, 6.45) is 3.66. The largest absolute Gasteiger partial charge is 0.431 e. The molecule has 1 aliphatic heterocycles. The number of hydrazone groups is 1. The molecule has 0 fully saturated rings. The number of hydrogen-bond acceptors (Lipinski definition) is 7. The Balaban J connectivity index is 1.76. The Morgan fingerprint density at radius 2 is 1.96 bits per heavy atom. The van der Waals surface area contributed by atoms with Gasteiger partial charge in [0, 0.05) is 22.1 Å². The van der Waals surface area contributed by atoms with Crippen molar-refractivity contribution in [3.05, 3.63) is 58.7 Å². The van der Waals surface area contributed by atoms with Crippen LogP contribution < -0.4 is 15.5 Å². The van der Waals surface area contributed by atoms with Crippen LogP contribution >= 0.6 is 27.7 Å². The van der Waals surface area contributed by atoms with E-state index in [0.717, 1.165) is 20.5 Å². The molecular weight excluding hydrogens is 426 g/mol. The van der Waals surface area contributed by atoms with Crippen molar-refractivity contribution in [3.8, 4) is 17.1 Å². The first-order chi connectivity index (χ1) is 13.1. The molecule has 6 nitrogen and oxygen atoms in total. The van der Waals surface area contributed by atoms with Gasteiger partial charge in [-0.1, -0.05) is 18.2 Å². The minimum absolute atomic E-state index is 0.484. The third-order valence-corrected chi connectivity index (χ3v) is 5.57. The van der Waals surface area contributed by atoms with Gasteiger partial charge < -0.3 is 10.5 Å². The third kappa shape index (κ3) is 3.26. The smallest absolute Gasteiger partial charge is 0.245 e. The van der Waals surface area contributed by atoms with Crippen LogP contribution in [0.4, 0.5) is 11.5 Å². The minimum atomic E-state index is 0.484. The van der Waals surface area contributed by atoms with Gasteiger partial charge in [-0.05, 0) is 46.5 Å². The molecule has 2 heterocycles. The molecule has 2 N–H and O–H groups in total.